The van der Waals surface area contributed by atoms with Crippen molar-refractivity contribution in [2.75, 3.05) is 19.8 Å². The van der Waals surface area contributed by atoms with Gasteiger partial charge >= 0.3 is 0 Å². The first kappa shape index (κ1) is 27.8. The molecule has 0 aliphatic heterocycles. The van der Waals surface area contributed by atoms with E-state index in [4.69, 9.17) is 21.2 Å². The quantitative estimate of drug-likeness (QED) is 0.515. The molecule has 7 heteroatoms. The number of rotatable bonds is 5. The number of carbonyl (C=O) groups excluding carboxylic acids is 1. The molecule has 1 radical (unpaired) electrons. The molecule has 0 atom stereocenters. The van der Waals surface area contributed by atoms with Crippen molar-refractivity contribution in [3.8, 4) is 0 Å². The van der Waals surface area contributed by atoms with E-state index in [9.17, 15) is 4.79 Å². The van der Waals surface area contributed by atoms with Crippen molar-refractivity contribution >= 4 is 5.78 Å². The first-order chi connectivity index (χ1) is 8.16. The standard InChI is InChI=1S/C5H12O.C4H10O3.C3H6NO.Y/c1-5(2)3-4-6;1-4(2,3-5)7-6;1-3(5)2-4;/h5-6H,3-4H2,1-2H3;5-6H,3H2,1-2H3;4H,2H2,1H3;/q;;-1;. The molecule has 6 nitrogen and oxygen atoms in total. The molecule has 4 N–H and O–H groups in total. The largest absolute Gasteiger partial charge is 0.671 e. The number of nitrogens with one attached hydrogen (secondary N) is 1. The molecule has 0 aliphatic rings. The van der Waals surface area contributed by atoms with Crippen LogP contribution in [0.25, 0.3) is 5.73 Å². The van der Waals surface area contributed by atoms with Crippen molar-refractivity contribution in [1.29, 1.82) is 0 Å². The first-order valence-corrected chi connectivity index (χ1v) is 5.85. The number of carbonyl (C=O) groups is 1. The molecular weight excluding hydrogens is 327 g/mol. The normalized spacial score (nSPS) is 9.58. The summed E-state index contributed by atoms with van der Waals surface area (Å²) >= 11 is 0. The average Bonchev–Trinajstić information content (AvgIpc) is 2.30. The van der Waals surface area contributed by atoms with E-state index in [-0.39, 0.29) is 51.6 Å². The van der Waals surface area contributed by atoms with E-state index in [1.54, 1.807) is 13.8 Å². The summed E-state index contributed by atoms with van der Waals surface area (Å²) in [7, 11) is 0. The van der Waals surface area contributed by atoms with Crippen LogP contribution >= 0.6 is 0 Å². The van der Waals surface area contributed by atoms with Crippen molar-refractivity contribution in [2.45, 2.75) is 46.6 Å². The molecule has 0 heterocycles. The molecule has 0 amide bonds. The van der Waals surface area contributed by atoms with Crippen molar-refractivity contribution in [1.82, 2.24) is 0 Å². The third-order valence-electron chi connectivity index (χ3n) is 1.58. The number of Topliss-reactive ketones (excluding diaryl/α,β-unsaturated/α-hetero) is 1. The Hall–Kier alpha value is 0.574. The van der Waals surface area contributed by atoms with E-state index in [1.165, 1.54) is 6.92 Å². The topological polar surface area (TPSA) is 111 Å². The summed E-state index contributed by atoms with van der Waals surface area (Å²) in [6, 6.07) is 0. The number of aliphatic hydroxyl groups is 2. The summed E-state index contributed by atoms with van der Waals surface area (Å²) < 4.78 is 0. The van der Waals surface area contributed by atoms with Gasteiger partial charge in [0.25, 0.3) is 0 Å². The molecule has 0 bridgehead atoms. The van der Waals surface area contributed by atoms with Crippen LogP contribution < -0.4 is 0 Å². The molecular formula is C12H28NO5Y-. The van der Waals surface area contributed by atoms with Crippen LogP contribution in [0.15, 0.2) is 0 Å². The first-order valence-electron chi connectivity index (χ1n) is 5.85. The smallest absolute Gasteiger partial charge is 0.121 e. The maximum Gasteiger partial charge on any atom is 0.121 e. The van der Waals surface area contributed by atoms with Gasteiger partial charge in [-0.1, -0.05) is 20.4 Å². The predicted octanol–water partition coefficient (Wildman–Crippen LogP) is 1.90. The van der Waals surface area contributed by atoms with Crippen LogP contribution in [0.2, 0.25) is 0 Å². The van der Waals surface area contributed by atoms with E-state index in [1.807, 2.05) is 0 Å². The van der Waals surface area contributed by atoms with Crippen molar-refractivity contribution in [3.05, 3.63) is 5.73 Å². The zero-order valence-electron chi connectivity index (χ0n) is 12.6. The number of ketones is 1. The second kappa shape index (κ2) is 18.6. The SMILES string of the molecule is CC(=O)C[NH-].CC(C)(CO)OO.CC(C)CCO.[Y]. The summed E-state index contributed by atoms with van der Waals surface area (Å²) in [5.41, 5.74) is 5.50. The minimum Gasteiger partial charge on any atom is -0.671 e. The minimum atomic E-state index is -0.806. The summed E-state index contributed by atoms with van der Waals surface area (Å²) in [5, 5.41) is 24.5. The third kappa shape index (κ3) is 38.1. The van der Waals surface area contributed by atoms with Gasteiger partial charge in [0.15, 0.2) is 0 Å². The Morgan fingerprint density at radius 1 is 1.32 bits per heavy atom. The molecule has 0 spiro atoms. The molecule has 19 heavy (non-hydrogen) atoms. The number of hydrogen-bond donors (Lipinski definition) is 3. The van der Waals surface area contributed by atoms with E-state index >= 15 is 0 Å². The Labute approximate surface area is 141 Å². The fourth-order valence-electron chi connectivity index (χ4n) is 0.287. The Balaban J connectivity index is -0.0000000878. The van der Waals surface area contributed by atoms with Gasteiger partial charge in [0, 0.05) is 39.3 Å². The van der Waals surface area contributed by atoms with Crippen LogP contribution in [0.4, 0.5) is 0 Å². The van der Waals surface area contributed by atoms with Gasteiger partial charge in [-0.25, -0.2) is 4.89 Å². The van der Waals surface area contributed by atoms with Crippen molar-refractivity contribution < 1.29 is 57.9 Å². The van der Waals surface area contributed by atoms with Crippen molar-refractivity contribution in [2.24, 2.45) is 5.92 Å². The summed E-state index contributed by atoms with van der Waals surface area (Å²) in [5.74, 6) is 0.569. The molecule has 0 rings (SSSR count). The summed E-state index contributed by atoms with van der Waals surface area (Å²) in [6.45, 7) is 8.81. The maximum atomic E-state index is 9.62. The molecule has 0 fully saturated rings. The van der Waals surface area contributed by atoms with Gasteiger partial charge in [0.2, 0.25) is 0 Å². The van der Waals surface area contributed by atoms with Gasteiger partial charge in [-0.3, -0.25) is 5.26 Å². The van der Waals surface area contributed by atoms with Crippen LogP contribution in [0.3, 0.4) is 0 Å². The molecule has 0 saturated heterocycles. The van der Waals surface area contributed by atoms with Crippen molar-refractivity contribution in [3.63, 3.8) is 0 Å². The third-order valence-corrected chi connectivity index (χ3v) is 1.58. The Kier molecular flexibility index (Phi) is 27.2. The van der Waals surface area contributed by atoms with Gasteiger partial charge in [0.05, 0.1) is 6.61 Å². The maximum absolute atomic E-state index is 9.62. The fourth-order valence-corrected chi connectivity index (χ4v) is 0.287. The van der Waals surface area contributed by atoms with Gasteiger partial charge in [-0.2, -0.15) is 0 Å². The Morgan fingerprint density at radius 3 is 1.68 bits per heavy atom. The summed E-state index contributed by atoms with van der Waals surface area (Å²) in [4.78, 5) is 13.5. The minimum absolute atomic E-state index is 0. The van der Waals surface area contributed by atoms with E-state index in [0.717, 1.165) is 6.42 Å². The molecule has 115 valence electrons. The predicted molar refractivity (Wildman–Crippen MR) is 71.3 cm³/mol. The zero-order valence-corrected chi connectivity index (χ0v) is 15.5. The molecule has 0 aromatic carbocycles. The Bertz CT molecular complexity index is 183. The zero-order chi connectivity index (χ0) is 15.2. The van der Waals surface area contributed by atoms with E-state index < -0.39 is 5.60 Å². The molecule has 0 saturated carbocycles. The van der Waals surface area contributed by atoms with Crippen LogP contribution in [0.1, 0.15) is 41.0 Å². The van der Waals surface area contributed by atoms with Gasteiger partial charge < -0.3 is 20.7 Å². The van der Waals surface area contributed by atoms with Crippen LogP contribution in [-0.2, 0) is 42.4 Å². The van der Waals surface area contributed by atoms with Crippen LogP contribution in [0, 0.1) is 5.92 Å². The average molecular weight is 355 g/mol. The van der Waals surface area contributed by atoms with E-state index in [2.05, 4.69) is 18.7 Å². The van der Waals surface area contributed by atoms with Crippen LogP contribution in [0.5, 0.6) is 0 Å². The molecule has 0 unspecified atom stereocenters. The number of aliphatic hydroxyl groups excluding tert-OH is 2. The second-order valence-electron chi connectivity index (χ2n) is 4.79. The molecule has 0 aliphatic carbocycles. The fraction of sp³-hybridized carbons (Fsp3) is 0.917. The van der Waals surface area contributed by atoms with Gasteiger partial charge in [-0.05, 0) is 33.1 Å². The monoisotopic (exact) mass is 355 g/mol. The van der Waals surface area contributed by atoms with Gasteiger partial charge in [-0.15, -0.1) is 0 Å². The Morgan fingerprint density at radius 2 is 1.68 bits per heavy atom. The second-order valence-corrected chi connectivity index (χ2v) is 4.79. The van der Waals surface area contributed by atoms with Gasteiger partial charge in [0.1, 0.15) is 11.4 Å². The molecule has 0 aromatic rings. The summed E-state index contributed by atoms with van der Waals surface area (Å²) in [6.07, 6.45) is 0.931. The van der Waals surface area contributed by atoms with E-state index in [0.29, 0.717) is 12.5 Å². The molecule has 0 aromatic heterocycles. The number of hydrogen-bond acceptors (Lipinski definition) is 5. The van der Waals surface area contributed by atoms with Crippen LogP contribution in [-0.4, -0.2) is 46.6 Å².